The Morgan fingerprint density at radius 1 is 1.04 bits per heavy atom. The molecule has 4 aromatic rings. The van der Waals surface area contributed by atoms with Crippen LogP contribution in [-0.4, -0.2) is 22.1 Å². The summed E-state index contributed by atoms with van der Waals surface area (Å²) < 4.78 is 5.21. The maximum atomic E-state index is 5.21. The molecular formula is C18H16N4O. The van der Waals surface area contributed by atoms with E-state index in [0.29, 0.717) is 6.01 Å². The van der Waals surface area contributed by atoms with E-state index in [4.69, 9.17) is 4.74 Å². The number of aromatic amines is 1. The lowest BCUT2D eigenvalue weighted by atomic mass is 10.2. The standard InChI is InChI=1S/C18H16N4O/c1-11-9-12-10-13(7-8-15(12)19-11)20-17-14-5-3-4-6-16(14)21-18(22-17)23-2/h3-10,19H,1-2H3,(H,20,21,22). The molecule has 5 heteroatoms. The SMILES string of the molecule is COc1nc(Nc2ccc3[nH]c(C)cc3c2)c2ccccc2n1. The van der Waals surface area contributed by atoms with Crippen LogP contribution in [0.25, 0.3) is 21.8 Å². The molecule has 0 saturated heterocycles. The molecule has 0 fully saturated rings. The molecule has 0 bridgehead atoms. The van der Waals surface area contributed by atoms with Crippen molar-refractivity contribution in [3.05, 3.63) is 54.2 Å². The van der Waals surface area contributed by atoms with Crippen molar-refractivity contribution >= 4 is 33.3 Å². The summed E-state index contributed by atoms with van der Waals surface area (Å²) in [6.07, 6.45) is 0. The van der Waals surface area contributed by atoms with Gasteiger partial charge in [0.05, 0.1) is 12.6 Å². The minimum Gasteiger partial charge on any atom is -0.467 e. The fourth-order valence-electron chi connectivity index (χ4n) is 2.73. The molecule has 0 atom stereocenters. The lowest BCUT2D eigenvalue weighted by Crippen LogP contribution is -1.99. The van der Waals surface area contributed by atoms with Crippen LogP contribution in [0.15, 0.2) is 48.5 Å². The van der Waals surface area contributed by atoms with E-state index in [1.165, 1.54) is 0 Å². The number of ether oxygens (including phenoxy) is 1. The average molecular weight is 304 g/mol. The van der Waals surface area contributed by atoms with Crippen LogP contribution < -0.4 is 10.1 Å². The maximum absolute atomic E-state index is 5.21. The minimum atomic E-state index is 0.352. The van der Waals surface area contributed by atoms with Gasteiger partial charge in [0.15, 0.2) is 0 Å². The molecule has 0 aliphatic rings. The quantitative estimate of drug-likeness (QED) is 0.596. The zero-order valence-electron chi connectivity index (χ0n) is 12.9. The van der Waals surface area contributed by atoms with Crippen molar-refractivity contribution in [2.45, 2.75) is 6.92 Å². The summed E-state index contributed by atoms with van der Waals surface area (Å²) >= 11 is 0. The second kappa shape index (κ2) is 5.28. The summed E-state index contributed by atoms with van der Waals surface area (Å²) in [5, 5.41) is 5.50. The number of anilines is 2. The molecule has 114 valence electrons. The number of nitrogens with zero attached hydrogens (tertiary/aromatic N) is 2. The lowest BCUT2D eigenvalue weighted by molar-refractivity contribution is 0.382. The fourth-order valence-corrected chi connectivity index (χ4v) is 2.73. The molecule has 0 saturated carbocycles. The van der Waals surface area contributed by atoms with E-state index >= 15 is 0 Å². The Morgan fingerprint density at radius 2 is 1.91 bits per heavy atom. The van der Waals surface area contributed by atoms with E-state index in [2.05, 4.69) is 45.4 Å². The zero-order valence-corrected chi connectivity index (χ0v) is 12.9. The molecule has 0 radical (unpaired) electrons. The van der Waals surface area contributed by atoms with Gasteiger partial charge < -0.3 is 15.0 Å². The predicted octanol–water partition coefficient (Wildman–Crippen LogP) is 4.17. The molecular weight excluding hydrogens is 288 g/mol. The van der Waals surface area contributed by atoms with E-state index < -0.39 is 0 Å². The smallest absolute Gasteiger partial charge is 0.318 e. The predicted molar refractivity (Wildman–Crippen MR) is 92.4 cm³/mol. The van der Waals surface area contributed by atoms with Crippen molar-refractivity contribution in [3.8, 4) is 6.01 Å². The van der Waals surface area contributed by atoms with Gasteiger partial charge in [-0.15, -0.1) is 0 Å². The van der Waals surface area contributed by atoms with Crippen LogP contribution in [0.1, 0.15) is 5.69 Å². The number of hydrogen-bond acceptors (Lipinski definition) is 4. The van der Waals surface area contributed by atoms with E-state index in [0.717, 1.165) is 39.0 Å². The second-order valence-corrected chi connectivity index (χ2v) is 5.46. The largest absolute Gasteiger partial charge is 0.467 e. The van der Waals surface area contributed by atoms with Crippen molar-refractivity contribution in [1.82, 2.24) is 15.0 Å². The van der Waals surface area contributed by atoms with Gasteiger partial charge in [-0.05, 0) is 43.3 Å². The van der Waals surface area contributed by atoms with Crippen molar-refractivity contribution in [2.75, 3.05) is 12.4 Å². The van der Waals surface area contributed by atoms with E-state index in [9.17, 15) is 0 Å². The maximum Gasteiger partial charge on any atom is 0.318 e. The van der Waals surface area contributed by atoms with E-state index in [1.807, 2.05) is 30.3 Å². The normalized spacial score (nSPS) is 11.0. The van der Waals surface area contributed by atoms with Crippen LogP contribution in [0.4, 0.5) is 11.5 Å². The number of hydrogen-bond donors (Lipinski definition) is 2. The first-order valence-corrected chi connectivity index (χ1v) is 7.40. The number of methoxy groups -OCH3 is 1. The number of fused-ring (bicyclic) bond motifs is 2. The van der Waals surface area contributed by atoms with Crippen LogP contribution in [-0.2, 0) is 0 Å². The van der Waals surface area contributed by atoms with Gasteiger partial charge in [0.25, 0.3) is 0 Å². The summed E-state index contributed by atoms with van der Waals surface area (Å²) in [7, 11) is 1.57. The number of nitrogens with one attached hydrogen (secondary N) is 2. The number of benzene rings is 2. The molecule has 2 aromatic carbocycles. The minimum absolute atomic E-state index is 0.352. The highest BCUT2D eigenvalue weighted by molar-refractivity contribution is 5.92. The lowest BCUT2D eigenvalue weighted by Gasteiger charge is -2.10. The van der Waals surface area contributed by atoms with Crippen LogP contribution >= 0.6 is 0 Å². The first-order valence-electron chi connectivity index (χ1n) is 7.40. The first-order chi connectivity index (χ1) is 11.2. The summed E-state index contributed by atoms with van der Waals surface area (Å²) in [6, 6.07) is 16.5. The third kappa shape index (κ3) is 2.46. The Bertz CT molecular complexity index is 1010. The molecule has 5 nitrogen and oxygen atoms in total. The molecule has 2 N–H and O–H groups in total. The van der Waals surface area contributed by atoms with E-state index in [-0.39, 0.29) is 0 Å². The number of aryl methyl sites for hydroxylation is 1. The van der Waals surface area contributed by atoms with Crippen LogP contribution in [0.2, 0.25) is 0 Å². The monoisotopic (exact) mass is 304 g/mol. The van der Waals surface area contributed by atoms with Crippen molar-refractivity contribution in [1.29, 1.82) is 0 Å². The van der Waals surface area contributed by atoms with E-state index in [1.54, 1.807) is 7.11 Å². The molecule has 0 amide bonds. The van der Waals surface area contributed by atoms with Gasteiger partial charge in [-0.2, -0.15) is 9.97 Å². The van der Waals surface area contributed by atoms with Crippen molar-refractivity contribution in [2.24, 2.45) is 0 Å². The highest BCUT2D eigenvalue weighted by Gasteiger charge is 2.08. The molecule has 0 unspecified atom stereocenters. The third-order valence-electron chi connectivity index (χ3n) is 3.78. The summed E-state index contributed by atoms with van der Waals surface area (Å²) in [6.45, 7) is 2.05. The average Bonchev–Trinajstić information content (AvgIpc) is 2.94. The molecule has 0 spiro atoms. The molecule has 0 aliphatic heterocycles. The number of H-pyrrole nitrogens is 1. The zero-order chi connectivity index (χ0) is 15.8. The van der Waals surface area contributed by atoms with Crippen LogP contribution in [0.5, 0.6) is 6.01 Å². The van der Waals surface area contributed by atoms with Gasteiger partial charge >= 0.3 is 6.01 Å². The number of rotatable bonds is 3. The van der Waals surface area contributed by atoms with Crippen LogP contribution in [0.3, 0.4) is 0 Å². The Morgan fingerprint density at radius 3 is 2.78 bits per heavy atom. The molecule has 0 aliphatic carbocycles. The Balaban J connectivity index is 1.81. The molecule has 4 rings (SSSR count). The topological polar surface area (TPSA) is 62.8 Å². The van der Waals surface area contributed by atoms with Crippen molar-refractivity contribution in [3.63, 3.8) is 0 Å². The molecule has 23 heavy (non-hydrogen) atoms. The van der Waals surface area contributed by atoms with Gasteiger partial charge in [0.1, 0.15) is 5.82 Å². The first kappa shape index (κ1) is 13.6. The highest BCUT2D eigenvalue weighted by Crippen LogP contribution is 2.27. The Kier molecular flexibility index (Phi) is 3.12. The van der Waals surface area contributed by atoms with Gasteiger partial charge in [-0.1, -0.05) is 12.1 Å². The van der Waals surface area contributed by atoms with Gasteiger partial charge in [0, 0.05) is 27.7 Å². The summed E-state index contributed by atoms with van der Waals surface area (Å²) in [5.41, 5.74) is 4.09. The molecule has 2 heterocycles. The van der Waals surface area contributed by atoms with Crippen LogP contribution in [0, 0.1) is 6.92 Å². The van der Waals surface area contributed by atoms with Crippen molar-refractivity contribution < 1.29 is 4.74 Å². The second-order valence-electron chi connectivity index (χ2n) is 5.46. The fraction of sp³-hybridized carbons (Fsp3) is 0.111. The number of para-hydroxylation sites is 1. The third-order valence-corrected chi connectivity index (χ3v) is 3.78. The Labute approximate surface area is 133 Å². The van der Waals surface area contributed by atoms with Gasteiger partial charge in [0.2, 0.25) is 0 Å². The highest BCUT2D eigenvalue weighted by atomic mass is 16.5. The molecule has 2 aromatic heterocycles. The van der Waals surface area contributed by atoms with Gasteiger partial charge in [-0.25, -0.2) is 0 Å². The summed E-state index contributed by atoms with van der Waals surface area (Å²) in [4.78, 5) is 12.1. The Hall–Kier alpha value is -3.08. The van der Waals surface area contributed by atoms with Gasteiger partial charge in [-0.3, -0.25) is 0 Å². The number of aromatic nitrogens is 3. The summed E-state index contributed by atoms with van der Waals surface area (Å²) in [5.74, 6) is 0.735.